The fraction of sp³-hybridized carbons (Fsp3) is 0.200. The molecule has 2 aromatic rings. The summed E-state index contributed by atoms with van der Waals surface area (Å²) in [7, 11) is 4.31. The lowest BCUT2D eigenvalue weighted by molar-refractivity contribution is -0.143. The molecule has 0 bridgehead atoms. The smallest absolute Gasteiger partial charge is 0.345 e. The summed E-state index contributed by atoms with van der Waals surface area (Å²) in [6.07, 6.45) is 1.47. The van der Waals surface area contributed by atoms with Crippen LogP contribution in [0.25, 0.3) is 17.0 Å². The molecular weight excluding hydrogens is 258 g/mol. The van der Waals surface area contributed by atoms with Gasteiger partial charge in [-0.1, -0.05) is 18.2 Å². The number of aryl methyl sites for hydroxylation is 1. The number of para-hydroxylation sites is 1. The summed E-state index contributed by atoms with van der Waals surface area (Å²) in [5, 5.41) is 1.02. The van der Waals surface area contributed by atoms with E-state index in [1.165, 1.54) is 20.3 Å². The van der Waals surface area contributed by atoms with Gasteiger partial charge in [0.1, 0.15) is 5.57 Å². The van der Waals surface area contributed by atoms with Gasteiger partial charge in [0.05, 0.1) is 14.2 Å². The molecule has 104 valence electrons. The molecule has 0 N–H and O–H groups in total. The molecule has 20 heavy (non-hydrogen) atoms. The number of ether oxygens (including phenoxy) is 2. The van der Waals surface area contributed by atoms with E-state index in [4.69, 9.17) is 0 Å². The minimum absolute atomic E-state index is 0.138. The largest absolute Gasteiger partial charge is 0.465 e. The van der Waals surface area contributed by atoms with Crippen molar-refractivity contribution in [1.29, 1.82) is 0 Å². The average molecular weight is 273 g/mol. The van der Waals surface area contributed by atoms with Gasteiger partial charge in [-0.25, -0.2) is 9.59 Å². The minimum atomic E-state index is -0.720. The lowest BCUT2D eigenvalue weighted by Crippen LogP contribution is -2.15. The van der Waals surface area contributed by atoms with Crippen LogP contribution in [0.5, 0.6) is 0 Å². The lowest BCUT2D eigenvalue weighted by atomic mass is 10.2. The quantitative estimate of drug-likeness (QED) is 0.371. The van der Waals surface area contributed by atoms with E-state index in [0.717, 1.165) is 16.6 Å². The molecule has 0 unspecified atom stereocenters. The molecule has 1 heterocycles. The molecule has 0 atom stereocenters. The van der Waals surface area contributed by atoms with Gasteiger partial charge in [-0.05, 0) is 18.2 Å². The number of benzene rings is 1. The normalized spacial score (nSPS) is 10.2. The van der Waals surface area contributed by atoms with Crippen molar-refractivity contribution in [2.75, 3.05) is 14.2 Å². The summed E-state index contributed by atoms with van der Waals surface area (Å²) in [5.41, 5.74) is 1.59. The molecule has 0 fully saturated rings. The van der Waals surface area contributed by atoms with Gasteiger partial charge >= 0.3 is 11.9 Å². The number of aromatic nitrogens is 1. The molecule has 0 aliphatic heterocycles. The topological polar surface area (TPSA) is 57.5 Å². The van der Waals surface area contributed by atoms with Gasteiger partial charge in [0.25, 0.3) is 0 Å². The first-order valence-electron chi connectivity index (χ1n) is 6.01. The van der Waals surface area contributed by atoms with Crippen molar-refractivity contribution < 1.29 is 19.1 Å². The molecule has 2 rings (SSSR count). The maximum absolute atomic E-state index is 11.6. The molecule has 5 heteroatoms. The molecular formula is C15H15NO4. The minimum Gasteiger partial charge on any atom is -0.465 e. The van der Waals surface area contributed by atoms with Crippen molar-refractivity contribution in [3.05, 3.63) is 41.6 Å². The van der Waals surface area contributed by atoms with Crippen LogP contribution in [-0.4, -0.2) is 30.7 Å². The SMILES string of the molecule is COC(=O)C(=Cc1cc2ccccc2n1C)C(=O)OC. The van der Waals surface area contributed by atoms with E-state index in [2.05, 4.69) is 9.47 Å². The number of hydrogen-bond donors (Lipinski definition) is 0. The number of fused-ring (bicyclic) bond motifs is 1. The Morgan fingerprint density at radius 1 is 1.10 bits per heavy atom. The Morgan fingerprint density at radius 3 is 2.25 bits per heavy atom. The Kier molecular flexibility index (Phi) is 3.89. The van der Waals surface area contributed by atoms with Gasteiger partial charge in [0, 0.05) is 23.6 Å². The van der Waals surface area contributed by atoms with Crippen molar-refractivity contribution in [3.63, 3.8) is 0 Å². The maximum atomic E-state index is 11.6. The van der Waals surface area contributed by atoms with Crippen LogP contribution in [0.1, 0.15) is 5.69 Å². The van der Waals surface area contributed by atoms with Crippen LogP contribution in [0.3, 0.4) is 0 Å². The highest BCUT2D eigenvalue weighted by Crippen LogP contribution is 2.20. The highest BCUT2D eigenvalue weighted by atomic mass is 16.5. The lowest BCUT2D eigenvalue weighted by Gasteiger charge is -2.04. The number of methoxy groups -OCH3 is 2. The Hall–Kier alpha value is -2.56. The predicted octanol–water partition coefficient (Wildman–Crippen LogP) is 1.91. The van der Waals surface area contributed by atoms with Gasteiger partial charge in [-0.15, -0.1) is 0 Å². The predicted molar refractivity (Wildman–Crippen MR) is 74.9 cm³/mol. The molecule has 5 nitrogen and oxygen atoms in total. The summed E-state index contributed by atoms with van der Waals surface area (Å²) in [5.74, 6) is -1.44. The number of esters is 2. The second-order valence-corrected chi connectivity index (χ2v) is 4.23. The third-order valence-electron chi connectivity index (χ3n) is 3.09. The fourth-order valence-corrected chi connectivity index (χ4v) is 2.02. The highest BCUT2D eigenvalue weighted by Gasteiger charge is 2.20. The van der Waals surface area contributed by atoms with Gasteiger partial charge < -0.3 is 14.0 Å². The monoisotopic (exact) mass is 273 g/mol. The third kappa shape index (κ3) is 2.42. The molecule has 0 radical (unpaired) electrons. The van der Waals surface area contributed by atoms with Crippen LogP contribution < -0.4 is 0 Å². The average Bonchev–Trinajstić information content (AvgIpc) is 2.80. The zero-order chi connectivity index (χ0) is 14.7. The third-order valence-corrected chi connectivity index (χ3v) is 3.09. The Morgan fingerprint density at radius 2 is 1.70 bits per heavy atom. The molecule has 1 aromatic carbocycles. The summed E-state index contributed by atoms with van der Waals surface area (Å²) < 4.78 is 11.1. The number of hydrogen-bond acceptors (Lipinski definition) is 4. The van der Waals surface area contributed by atoms with Crippen molar-refractivity contribution >= 4 is 28.9 Å². The van der Waals surface area contributed by atoms with E-state index in [-0.39, 0.29) is 5.57 Å². The zero-order valence-electron chi connectivity index (χ0n) is 11.5. The fourth-order valence-electron chi connectivity index (χ4n) is 2.02. The summed E-state index contributed by atoms with van der Waals surface area (Å²) >= 11 is 0. The first-order valence-corrected chi connectivity index (χ1v) is 6.01. The summed E-state index contributed by atoms with van der Waals surface area (Å²) in [6.45, 7) is 0. The first-order chi connectivity index (χ1) is 9.58. The zero-order valence-corrected chi connectivity index (χ0v) is 11.5. The number of carbonyl (C=O) groups is 2. The van der Waals surface area contributed by atoms with E-state index in [1.807, 2.05) is 41.9 Å². The van der Waals surface area contributed by atoms with Crippen molar-refractivity contribution in [2.24, 2.45) is 7.05 Å². The first kappa shape index (κ1) is 13.9. The Labute approximate surface area is 116 Å². The highest BCUT2D eigenvalue weighted by molar-refractivity contribution is 6.17. The van der Waals surface area contributed by atoms with Gasteiger partial charge in [-0.3, -0.25) is 0 Å². The Balaban J connectivity index is 2.56. The molecule has 0 amide bonds. The van der Waals surface area contributed by atoms with E-state index in [0.29, 0.717) is 0 Å². The molecule has 0 spiro atoms. The van der Waals surface area contributed by atoms with Gasteiger partial charge in [-0.2, -0.15) is 0 Å². The van der Waals surface area contributed by atoms with Crippen molar-refractivity contribution in [3.8, 4) is 0 Å². The van der Waals surface area contributed by atoms with Crippen LogP contribution in [0.4, 0.5) is 0 Å². The number of nitrogens with zero attached hydrogens (tertiary/aromatic N) is 1. The van der Waals surface area contributed by atoms with Crippen molar-refractivity contribution in [1.82, 2.24) is 4.57 Å². The molecule has 0 saturated heterocycles. The van der Waals surface area contributed by atoms with E-state index in [1.54, 1.807) is 0 Å². The van der Waals surface area contributed by atoms with E-state index < -0.39 is 11.9 Å². The number of rotatable bonds is 3. The standard InChI is InChI=1S/C15H15NO4/c1-16-11(8-10-6-4-5-7-13(10)16)9-12(14(17)19-2)15(18)20-3/h4-9H,1-3H3. The van der Waals surface area contributed by atoms with E-state index in [9.17, 15) is 9.59 Å². The van der Waals surface area contributed by atoms with Crippen LogP contribution in [-0.2, 0) is 26.1 Å². The molecule has 0 aliphatic carbocycles. The maximum Gasteiger partial charge on any atom is 0.345 e. The van der Waals surface area contributed by atoms with Gasteiger partial charge in [0.2, 0.25) is 0 Å². The van der Waals surface area contributed by atoms with Crippen LogP contribution in [0, 0.1) is 0 Å². The van der Waals surface area contributed by atoms with Crippen LogP contribution in [0.2, 0.25) is 0 Å². The second-order valence-electron chi connectivity index (χ2n) is 4.23. The molecule has 0 aliphatic rings. The summed E-state index contributed by atoms with van der Waals surface area (Å²) in [4.78, 5) is 23.3. The summed E-state index contributed by atoms with van der Waals surface area (Å²) in [6, 6.07) is 9.67. The second kappa shape index (κ2) is 5.61. The van der Waals surface area contributed by atoms with Crippen LogP contribution in [0.15, 0.2) is 35.9 Å². The number of carbonyl (C=O) groups excluding carboxylic acids is 2. The van der Waals surface area contributed by atoms with Gasteiger partial charge in [0.15, 0.2) is 0 Å². The van der Waals surface area contributed by atoms with E-state index >= 15 is 0 Å². The molecule has 1 aromatic heterocycles. The van der Waals surface area contributed by atoms with Crippen LogP contribution >= 0.6 is 0 Å². The Bertz CT molecular complexity index is 679. The molecule has 0 saturated carbocycles. The van der Waals surface area contributed by atoms with Crippen molar-refractivity contribution in [2.45, 2.75) is 0 Å².